The summed E-state index contributed by atoms with van der Waals surface area (Å²) >= 11 is 0. The molecule has 1 heterocycles. The van der Waals surface area contributed by atoms with E-state index in [1.807, 2.05) is 0 Å². The van der Waals surface area contributed by atoms with Crippen molar-refractivity contribution >= 4 is 5.97 Å². The highest BCUT2D eigenvalue weighted by Gasteiger charge is 2.21. The number of nitrogens with zero attached hydrogens (tertiary/aromatic N) is 2. The number of halogens is 2. The van der Waals surface area contributed by atoms with Gasteiger partial charge in [0.05, 0.1) is 13.3 Å². The molecule has 1 rings (SSSR count). The fourth-order valence-corrected chi connectivity index (χ4v) is 0.798. The van der Waals surface area contributed by atoms with Crippen LogP contribution in [0, 0.1) is 0 Å². The second-order valence-electron chi connectivity index (χ2n) is 2.25. The Morgan fingerprint density at radius 2 is 2.29 bits per heavy atom. The Labute approximate surface area is 77.4 Å². The molecule has 0 amide bonds. The fourth-order valence-electron chi connectivity index (χ4n) is 0.798. The summed E-state index contributed by atoms with van der Waals surface area (Å²) in [6.45, 7) is 0. The summed E-state index contributed by atoms with van der Waals surface area (Å²) in [7, 11) is 1.23. The highest BCUT2D eigenvalue weighted by Crippen LogP contribution is 2.20. The van der Waals surface area contributed by atoms with Crippen molar-refractivity contribution in [1.29, 1.82) is 0 Å². The number of ether oxygens (including phenoxy) is 1. The van der Waals surface area contributed by atoms with Gasteiger partial charge in [-0.2, -0.15) is 0 Å². The van der Waals surface area contributed by atoms with Crippen LogP contribution in [0.1, 0.15) is 22.6 Å². The molecule has 76 valence electrons. The highest BCUT2D eigenvalue weighted by atomic mass is 19.3. The second kappa shape index (κ2) is 3.95. The van der Waals surface area contributed by atoms with E-state index < -0.39 is 23.8 Å². The lowest BCUT2D eigenvalue weighted by Gasteiger charge is -2.04. The topological polar surface area (TPSA) is 72.3 Å². The summed E-state index contributed by atoms with van der Waals surface area (Å²) in [4.78, 5) is 17.1. The van der Waals surface area contributed by atoms with E-state index in [0.717, 1.165) is 6.20 Å². The molecule has 0 atom stereocenters. The Bertz CT molecular complexity index is 357. The lowest BCUT2D eigenvalue weighted by atomic mass is 10.3. The van der Waals surface area contributed by atoms with Gasteiger partial charge >= 0.3 is 5.97 Å². The van der Waals surface area contributed by atoms with E-state index in [2.05, 4.69) is 14.7 Å². The zero-order valence-corrected chi connectivity index (χ0v) is 7.07. The van der Waals surface area contributed by atoms with Gasteiger partial charge in [0.15, 0.2) is 5.69 Å². The van der Waals surface area contributed by atoms with E-state index in [-0.39, 0.29) is 5.88 Å². The van der Waals surface area contributed by atoms with Crippen LogP contribution in [0.5, 0.6) is 5.88 Å². The molecule has 7 heteroatoms. The van der Waals surface area contributed by atoms with Crippen molar-refractivity contribution in [2.75, 3.05) is 7.11 Å². The SMILES string of the molecule is COc1cnc(C(F)F)c(C(=O)O)n1. The van der Waals surface area contributed by atoms with E-state index >= 15 is 0 Å². The molecule has 0 saturated heterocycles. The summed E-state index contributed by atoms with van der Waals surface area (Å²) in [5.74, 6) is -1.68. The van der Waals surface area contributed by atoms with Crippen molar-refractivity contribution in [3.63, 3.8) is 0 Å². The summed E-state index contributed by atoms with van der Waals surface area (Å²) in [6, 6.07) is 0. The highest BCUT2D eigenvalue weighted by molar-refractivity contribution is 5.86. The molecule has 0 aliphatic heterocycles. The van der Waals surface area contributed by atoms with Crippen LogP contribution in [0.25, 0.3) is 0 Å². The standard InChI is InChI=1S/C7H6F2N2O3/c1-14-3-2-10-4(6(8)9)5(11-3)7(12)13/h2,6H,1H3,(H,12,13). The number of carboxylic acid groups (broad SMARTS) is 1. The van der Waals surface area contributed by atoms with Crippen molar-refractivity contribution < 1.29 is 23.4 Å². The number of carboxylic acids is 1. The first-order valence-corrected chi connectivity index (χ1v) is 3.48. The number of rotatable bonds is 3. The average molecular weight is 204 g/mol. The van der Waals surface area contributed by atoms with E-state index in [1.165, 1.54) is 7.11 Å². The van der Waals surface area contributed by atoms with Crippen LogP contribution in [0.3, 0.4) is 0 Å². The number of methoxy groups -OCH3 is 1. The zero-order chi connectivity index (χ0) is 10.7. The largest absolute Gasteiger partial charge is 0.480 e. The van der Waals surface area contributed by atoms with E-state index in [1.54, 1.807) is 0 Å². The molecule has 1 aromatic heterocycles. The van der Waals surface area contributed by atoms with Crippen LogP contribution in [-0.2, 0) is 0 Å². The van der Waals surface area contributed by atoms with Gasteiger partial charge in [-0.25, -0.2) is 23.5 Å². The third kappa shape index (κ3) is 1.93. The summed E-state index contributed by atoms with van der Waals surface area (Å²) in [5, 5.41) is 8.54. The maximum absolute atomic E-state index is 12.2. The minimum Gasteiger partial charge on any atom is -0.480 e. The number of aromatic carboxylic acids is 1. The number of hydrogen-bond acceptors (Lipinski definition) is 4. The predicted octanol–water partition coefficient (Wildman–Crippen LogP) is 1.12. The molecule has 0 aliphatic carbocycles. The molecule has 0 radical (unpaired) electrons. The summed E-state index contributed by atoms with van der Waals surface area (Å²) in [5.41, 5.74) is -1.65. The predicted molar refractivity (Wildman–Crippen MR) is 40.5 cm³/mol. The summed E-state index contributed by atoms with van der Waals surface area (Å²) in [6.07, 6.45) is -2.03. The Hall–Kier alpha value is -1.79. The van der Waals surface area contributed by atoms with Gasteiger partial charge in [0.2, 0.25) is 5.88 Å². The molecule has 14 heavy (non-hydrogen) atoms. The Kier molecular flexibility index (Phi) is 2.90. The van der Waals surface area contributed by atoms with Gasteiger partial charge in [-0.1, -0.05) is 0 Å². The smallest absolute Gasteiger partial charge is 0.356 e. The first kappa shape index (κ1) is 10.3. The van der Waals surface area contributed by atoms with Crippen molar-refractivity contribution in [2.45, 2.75) is 6.43 Å². The minimum absolute atomic E-state index is 0.119. The van der Waals surface area contributed by atoms with Crippen LogP contribution in [0.2, 0.25) is 0 Å². The van der Waals surface area contributed by atoms with Crippen LogP contribution in [0.15, 0.2) is 6.20 Å². The lowest BCUT2D eigenvalue weighted by Crippen LogP contribution is -2.09. The normalized spacial score (nSPS) is 10.3. The lowest BCUT2D eigenvalue weighted by molar-refractivity contribution is 0.0673. The van der Waals surface area contributed by atoms with Crippen molar-refractivity contribution in [3.8, 4) is 5.88 Å². The van der Waals surface area contributed by atoms with Crippen LogP contribution < -0.4 is 4.74 Å². The number of alkyl halides is 2. The summed E-state index contributed by atoms with van der Waals surface area (Å²) < 4.78 is 29.0. The first-order valence-electron chi connectivity index (χ1n) is 3.48. The molecule has 0 aromatic carbocycles. The van der Waals surface area contributed by atoms with Gasteiger partial charge in [0, 0.05) is 0 Å². The van der Waals surface area contributed by atoms with E-state index in [0.29, 0.717) is 0 Å². The molecule has 0 aliphatic rings. The van der Waals surface area contributed by atoms with Crippen molar-refractivity contribution in [1.82, 2.24) is 9.97 Å². The Morgan fingerprint density at radius 3 is 2.71 bits per heavy atom. The van der Waals surface area contributed by atoms with Crippen molar-refractivity contribution in [3.05, 3.63) is 17.6 Å². The monoisotopic (exact) mass is 204 g/mol. The van der Waals surface area contributed by atoms with Gasteiger partial charge in [-0.3, -0.25) is 0 Å². The number of hydrogen-bond donors (Lipinski definition) is 1. The molecular weight excluding hydrogens is 198 g/mol. The molecular formula is C7H6F2N2O3. The van der Waals surface area contributed by atoms with Crippen LogP contribution in [0.4, 0.5) is 8.78 Å². The van der Waals surface area contributed by atoms with Gasteiger partial charge in [0.1, 0.15) is 5.69 Å². The number of carbonyl (C=O) groups is 1. The van der Waals surface area contributed by atoms with Crippen molar-refractivity contribution in [2.24, 2.45) is 0 Å². The zero-order valence-electron chi connectivity index (χ0n) is 7.07. The molecule has 1 aromatic rings. The van der Waals surface area contributed by atoms with Crippen LogP contribution >= 0.6 is 0 Å². The van der Waals surface area contributed by atoms with Crippen LogP contribution in [-0.4, -0.2) is 28.2 Å². The Balaban J connectivity index is 3.24. The molecule has 5 nitrogen and oxygen atoms in total. The molecule has 0 fully saturated rings. The number of aromatic nitrogens is 2. The second-order valence-corrected chi connectivity index (χ2v) is 2.25. The van der Waals surface area contributed by atoms with Gasteiger partial charge in [-0.05, 0) is 0 Å². The minimum atomic E-state index is -2.97. The molecule has 0 saturated carbocycles. The first-order chi connectivity index (χ1) is 6.56. The molecule has 0 bridgehead atoms. The Morgan fingerprint density at radius 1 is 1.64 bits per heavy atom. The third-order valence-corrected chi connectivity index (χ3v) is 1.40. The maximum Gasteiger partial charge on any atom is 0.356 e. The van der Waals surface area contributed by atoms with E-state index in [4.69, 9.17) is 5.11 Å². The fraction of sp³-hybridized carbons (Fsp3) is 0.286. The maximum atomic E-state index is 12.2. The molecule has 0 spiro atoms. The van der Waals surface area contributed by atoms with Gasteiger partial charge in [-0.15, -0.1) is 0 Å². The van der Waals surface area contributed by atoms with E-state index in [9.17, 15) is 13.6 Å². The van der Waals surface area contributed by atoms with Gasteiger partial charge < -0.3 is 9.84 Å². The quantitative estimate of drug-likeness (QED) is 0.798. The average Bonchev–Trinajstić information content (AvgIpc) is 2.16. The molecule has 1 N–H and O–H groups in total. The van der Waals surface area contributed by atoms with Gasteiger partial charge in [0.25, 0.3) is 6.43 Å². The third-order valence-electron chi connectivity index (χ3n) is 1.40. The molecule has 0 unspecified atom stereocenters.